The van der Waals surface area contributed by atoms with Crippen molar-refractivity contribution in [2.45, 2.75) is 17.0 Å². The molecule has 9 heteroatoms. The number of thioether (sulfide) groups is 1. The molecule has 0 spiro atoms. The van der Waals surface area contributed by atoms with Crippen LogP contribution in [0.25, 0.3) is 22.4 Å². The lowest BCUT2D eigenvalue weighted by Crippen LogP contribution is -2.11. The lowest BCUT2D eigenvalue weighted by molar-refractivity contribution is -0.145. The molecule has 1 aromatic carbocycles. The van der Waals surface area contributed by atoms with Crippen molar-refractivity contribution in [1.29, 1.82) is 0 Å². The van der Waals surface area contributed by atoms with E-state index in [9.17, 15) is 13.2 Å². The van der Waals surface area contributed by atoms with E-state index >= 15 is 0 Å². The van der Waals surface area contributed by atoms with Crippen molar-refractivity contribution >= 4 is 22.7 Å². The molecule has 3 aromatic heterocycles. The van der Waals surface area contributed by atoms with E-state index < -0.39 is 12.0 Å². The number of aromatic nitrogens is 3. The van der Waals surface area contributed by atoms with Crippen molar-refractivity contribution in [2.24, 2.45) is 0 Å². The quantitative estimate of drug-likeness (QED) is 0.360. The molecule has 0 saturated carbocycles. The Morgan fingerprint density at radius 1 is 1.00 bits per heavy atom. The van der Waals surface area contributed by atoms with E-state index in [1.165, 1.54) is 12.3 Å². The van der Waals surface area contributed by atoms with Crippen LogP contribution in [0, 0.1) is 0 Å². The Hall–Kier alpha value is -2.81. The third kappa shape index (κ3) is 3.30. The third-order valence-electron chi connectivity index (χ3n) is 3.50. The van der Waals surface area contributed by atoms with Crippen LogP contribution in [0.2, 0.25) is 0 Å². The Morgan fingerprint density at radius 3 is 2.62 bits per heavy atom. The minimum Gasteiger partial charge on any atom is -0.461 e. The highest BCUT2D eigenvalue weighted by atomic mass is 32.2. The van der Waals surface area contributed by atoms with Crippen LogP contribution in [-0.2, 0) is 11.9 Å². The molecule has 4 rings (SSSR count). The van der Waals surface area contributed by atoms with Crippen molar-refractivity contribution in [2.75, 3.05) is 0 Å². The van der Waals surface area contributed by atoms with E-state index in [1.807, 2.05) is 0 Å². The summed E-state index contributed by atoms with van der Waals surface area (Å²) in [7, 11) is 0. The highest BCUT2D eigenvalue weighted by Crippen LogP contribution is 2.33. The average Bonchev–Trinajstić information content (AvgIpc) is 3.30. The van der Waals surface area contributed by atoms with Crippen LogP contribution in [0.15, 0.2) is 62.7 Å². The Balaban J connectivity index is 1.62. The fraction of sp³-hybridized carbons (Fsp3) is 0.118. The standard InChI is InChI=1S/C17H10F3N3O2S/c18-17(19,20)16-21-12-5-2-1-4-11(12)15(22-16)26-9-10-8-14(25-23-10)13-6-3-7-24-13/h1-8H,9H2. The molecule has 26 heavy (non-hydrogen) atoms. The van der Waals surface area contributed by atoms with Crippen LogP contribution in [-0.4, -0.2) is 15.1 Å². The van der Waals surface area contributed by atoms with Crippen LogP contribution < -0.4 is 0 Å². The molecule has 0 aliphatic carbocycles. The fourth-order valence-corrected chi connectivity index (χ4v) is 3.24. The number of rotatable bonds is 4. The SMILES string of the molecule is FC(F)(F)c1nc(SCc2cc(-c3ccco3)on2)c2ccccc2n1. The lowest BCUT2D eigenvalue weighted by atomic mass is 10.2. The van der Waals surface area contributed by atoms with Gasteiger partial charge in [-0.25, -0.2) is 9.97 Å². The first kappa shape index (κ1) is 16.6. The van der Waals surface area contributed by atoms with Gasteiger partial charge in [-0.1, -0.05) is 35.1 Å². The summed E-state index contributed by atoms with van der Waals surface area (Å²) >= 11 is 1.14. The van der Waals surface area contributed by atoms with E-state index in [2.05, 4.69) is 15.1 Å². The Bertz CT molecular complexity index is 1050. The molecule has 3 heterocycles. The predicted molar refractivity (Wildman–Crippen MR) is 88.3 cm³/mol. The van der Waals surface area contributed by atoms with Gasteiger partial charge in [0.25, 0.3) is 0 Å². The topological polar surface area (TPSA) is 65.0 Å². The maximum atomic E-state index is 13.0. The highest BCUT2D eigenvalue weighted by Gasteiger charge is 2.35. The summed E-state index contributed by atoms with van der Waals surface area (Å²) in [5, 5.41) is 4.71. The van der Waals surface area contributed by atoms with Gasteiger partial charge < -0.3 is 8.94 Å². The molecular weight excluding hydrogens is 367 g/mol. The zero-order valence-electron chi connectivity index (χ0n) is 13.0. The minimum atomic E-state index is -4.61. The number of fused-ring (bicyclic) bond motifs is 1. The van der Waals surface area contributed by atoms with Crippen molar-refractivity contribution in [3.8, 4) is 11.5 Å². The van der Waals surface area contributed by atoms with Crippen LogP contribution in [0.1, 0.15) is 11.5 Å². The molecule has 0 atom stereocenters. The summed E-state index contributed by atoms with van der Waals surface area (Å²) in [6.45, 7) is 0. The number of alkyl halides is 3. The molecule has 4 aromatic rings. The van der Waals surface area contributed by atoms with Gasteiger partial charge in [-0.3, -0.25) is 0 Å². The van der Waals surface area contributed by atoms with Gasteiger partial charge >= 0.3 is 6.18 Å². The molecule has 0 fully saturated rings. The first-order valence-electron chi connectivity index (χ1n) is 7.47. The van der Waals surface area contributed by atoms with E-state index in [4.69, 9.17) is 8.94 Å². The number of benzene rings is 1. The molecule has 132 valence electrons. The van der Waals surface area contributed by atoms with Crippen LogP contribution >= 0.6 is 11.8 Å². The fourth-order valence-electron chi connectivity index (χ4n) is 2.34. The smallest absolute Gasteiger partial charge is 0.451 e. The Kier molecular flexibility index (Phi) is 4.15. The molecule has 0 bridgehead atoms. The number of hydrogen-bond donors (Lipinski definition) is 0. The van der Waals surface area contributed by atoms with Crippen molar-refractivity contribution in [3.05, 3.63) is 60.2 Å². The lowest BCUT2D eigenvalue weighted by Gasteiger charge is -2.09. The van der Waals surface area contributed by atoms with Crippen molar-refractivity contribution in [3.63, 3.8) is 0 Å². The molecule has 0 N–H and O–H groups in total. The Morgan fingerprint density at radius 2 is 1.85 bits per heavy atom. The summed E-state index contributed by atoms with van der Waals surface area (Å²) in [5.74, 6) is 0.118. The summed E-state index contributed by atoms with van der Waals surface area (Å²) < 4.78 is 49.6. The zero-order valence-corrected chi connectivity index (χ0v) is 13.8. The van der Waals surface area contributed by atoms with Gasteiger partial charge in [0.2, 0.25) is 11.6 Å². The molecule has 0 aliphatic heterocycles. The summed E-state index contributed by atoms with van der Waals surface area (Å²) in [4.78, 5) is 7.30. The largest absolute Gasteiger partial charge is 0.461 e. The van der Waals surface area contributed by atoms with E-state index in [0.29, 0.717) is 28.4 Å². The normalized spacial score (nSPS) is 12.0. The summed E-state index contributed by atoms with van der Waals surface area (Å²) in [6, 6.07) is 11.7. The van der Waals surface area contributed by atoms with Gasteiger partial charge in [0.15, 0.2) is 5.76 Å². The summed E-state index contributed by atoms with van der Waals surface area (Å²) in [5.41, 5.74) is 0.811. The number of furan rings is 1. The second-order valence-electron chi connectivity index (χ2n) is 5.32. The highest BCUT2D eigenvalue weighted by molar-refractivity contribution is 7.98. The maximum Gasteiger partial charge on any atom is 0.451 e. The maximum absolute atomic E-state index is 13.0. The third-order valence-corrected chi connectivity index (χ3v) is 4.53. The average molecular weight is 377 g/mol. The van der Waals surface area contributed by atoms with Gasteiger partial charge in [-0.2, -0.15) is 13.2 Å². The number of halogens is 3. The number of nitrogens with zero attached hydrogens (tertiary/aromatic N) is 3. The second-order valence-corrected chi connectivity index (χ2v) is 6.28. The van der Waals surface area contributed by atoms with E-state index in [1.54, 1.807) is 36.4 Å². The molecular formula is C17H10F3N3O2S. The van der Waals surface area contributed by atoms with Crippen molar-refractivity contribution in [1.82, 2.24) is 15.1 Å². The predicted octanol–water partition coefficient (Wildman–Crippen LogP) is 5.19. The van der Waals surface area contributed by atoms with Crippen LogP contribution in [0.5, 0.6) is 0 Å². The second kappa shape index (κ2) is 6.49. The monoisotopic (exact) mass is 377 g/mol. The molecule has 0 amide bonds. The summed E-state index contributed by atoms with van der Waals surface area (Å²) in [6.07, 6.45) is -3.10. The number of para-hydroxylation sites is 1. The van der Waals surface area contributed by atoms with Gasteiger partial charge in [-0.15, -0.1) is 0 Å². The van der Waals surface area contributed by atoms with Gasteiger partial charge in [-0.05, 0) is 18.2 Å². The Labute approximate surface area is 149 Å². The van der Waals surface area contributed by atoms with E-state index in [0.717, 1.165) is 11.8 Å². The minimum absolute atomic E-state index is 0.241. The van der Waals surface area contributed by atoms with Gasteiger partial charge in [0, 0.05) is 17.2 Å². The number of hydrogen-bond acceptors (Lipinski definition) is 6. The van der Waals surface area contributed by atoms with Crippen LogP contribution in [0.4, 0.5) is 13.2 Å². The molecule has 0 aliphatic rings. The van der Waals surface area contributed by atoms with E-state index in [-0.39, 0.29) is 10.5 Å². The molecule has 5 nitrogen and oxygen atoms in total. The molecule has 0 saturated heterocycles. The van der Waals surface area contributed by atoms with Gasteiger partial charge in [0.1, 0.15) is 5.03 Å². The first-order valence-corrected chi connectivity index (χ1v) is 8.45. The molecule has 0 unspecified atom stereocenters. The first-order chi connectivity index (χ1) is 12.5. The molecule has 0 radical (unpaired) electrons. The van der Waals surface area contributed by atoms with Crippen LogP contribution in [0.3, 0.4) is 0 Å². The van der Waals surface area contributed by atoms with Gasteiger partial charge in [0.05, 0.1) is 17.5 Å². The van der Waals surface area contributed by atoms with Crippen molar-refractivity contribution < 1.29 is 22.1 Å². The zero-order chi connectivity index (χ0) is 18.1.